The Kier molecular flexibility index (Phi) is 7.54. The minimum absolute atomic E-state index is 0.117. The molecule has 150 valence electrons. The molecule has 0 bridgehead atoms. The molecule has 3 rings (SSSR count). The second kappa shape index (κ2) is 10.5. The van der Waals surface area contributed by atoms with Crippen LogP contribution in [0, 0.1) is 0 Å². The van der Waals surface area contributed by atoms with E-state index in [1.165, 1.54) is 0 Å². The van der Waals surface area contributed by atoms with E-state index in [0.29, 0.717) is 29.5 Å². The van der Waals surface area contributed by atoms with E-state index in [1.54, 1.807) is 19.2 Å². The molecule has 0 saturated carbocycles. The lowest BCUT2D eigenvalue weighted by atomic mass is 10.1. The summed E-state index contributed by atoms with van der Waals surface area (Å²) in [5, 5.41) is 3.62. The number of carbonyl (C=O) groups excluding carboxylic acids is 1. The van der Waals surface area contributed by atoms with Crippen LogP contribution in [-0.4, -0.2) is 19.6 Å². The molecule has 1 N–H and O–H groups in total. The van der Waals surface area contributed by atoms with Crippen molar-refractivity contribution in [3.63, 3.8) is 0 Å². The zero-order chi connectivity index (χ0) is 20.5. The monoisotopic (exact) mass is 409 g/mol. The minimum atomic E-state index is -0.117. The number of para-hydroxylation sites is 1. The molecule has 0 unspecified atom stereocenters. The van der Waals surface area contributed by atoms with Crippen molar-refractivity contribution in [1.29, 1.82) is 0 Å². The summed E-state index contributed by atoms with van der Waals surface area (Å²) in [5.41, 5.74) is 2.61. The molecule has 0 fully saturated rings. The Bertz CT molecular complexity index is 958. The van der Waals surface area contributed by atoms with Crippen molar-refractivity contribution in [3.05, 3.63) is 94.5 Å². The topological polar surface area (TPSA) is 47.6 Å². The smallest absolute Gasteiger partial charge is 0.251 e. The fourth-order valence-corrected chi connectivity index (χ4v) is 3.19. The van der Waals surface area contributed by atoms with E-state index in [4.69, 9.17) is 21.1 Å². The van der Waals surface area contributed by atoms with E-state index >= 15 is 0 Å². The van der Waals surface area contributed by atoms with Gasteiger partial charge in [0.15, 0.2) is 0 Å². The standard InChI is InChI=1S/C24H24ClNO3/c1-28-23-14-5-3-8-18(23)11-7-15-26-24(27)19-10-6-12-21(16-19)29-17-20-9-2-4-13-22(20)25/h2-6,8-10,12-14,16H,7,11,15,17H2,1H3,(H,26,27). The van der Waals surface area contributed by atoms with E-state index in [1.807, 2.05) is 60.7 Å². The number of carbonyl (C=O) groups is 1. The molecule has 3 aromatic carbocycles. The third kappa shape index (κ3) is 6.00. The van der Waals surface area contributed by atoms with Gasteiger partial charge in [0.1, 0.15) is 18.1 Å². The van der Waals surface area contributed by atoms with E-state index in [-0.39, 0.29) is 5.91 Å². The maximum Gasteiger partial charge on any atom is 0.251 e. The Morgan fingerprint density at radius 1 is 0.966 bits per heavy atom. The number of benzene rings is 3. The first-order chi connectivity index (χ1) is 14.2. The Morgan fingerprint density at radius 2 is 1.72 bits per heavy atom. The van der Waals surface area contributed by atoms with Gasteiger partial charge in [-0.25, -0.2) is 0 Å². The Hall–Kier alpha value is -2.98. The van der Waals surface area contributed by atoms with Crippen LogP contribution >= 0.6 is 11.6 Å². The van der Waals surface area contributed by atoms with Gasteiger partial charge >= 0.3 is 0 Å². The number of hydrogen-bond donors (Lipinski definition) is 1. The average molecular weight is 410 g/mol. The zero-order valence-corrected chi connectivity index (χ0v) is 17.1. The lowest BCUT2D eigenvalue weighted by Crippen LogP contribution is -2.24. The van der Waals surface area contributed by atoms with Crippen molar-refractivity contribution >= 4 is 17.5 Å². The van der Waals surface area contributed by atoms with Crippen molar-refractivity contribution in [2.75, 3.05) is 13.7 Å². The van der Waals surface area contributed by atoms with Gasteiger partial charge in [0.25, 0.3) is 5.91 Å². The minimum Gasteiger partial charge on any atom is -0.496 e. The van der Waals surface area contributed by atoms with Gasteiger partial charge in [-0.15, -0.1) is 0 Å². The van der Waals surface area contributed by atoms with Crippen LogP contribution in [0.4, 0.5) is 0 Å². The summed E-state index contributed by atoms with van der Waals surface area (Å²) in [6.45, 7) is 0.936. The molecule has 0 aliphatic heterocycles. The number of aryl methyl sites for hydroxylation is 1. The van der Waals surface area contributed by atoms with Gasteiger partial charge in [0, 0.05) is 22.7 Å². The summed E-state index contributed by atoms with van der Waals surface area (Å²) in [5.74, 6) is 1.39. The SMILES string of the molecule is COc1ccccc1CCCNC(=O)c1cccc(OCc2ccccc2Cl)c1. The number of rotatable bonds is 9. The van der Waals surface area contributed by atoms with Crippen LogP contribution in [0.1, 0.15) is 27.9 Å². The van der Waals surface area contributed by atoms with Crippen LogP contribution in [0.15, 0.2) is 72.8 Å². The van der Waals surface area contributed by atoms with E-state index < -0.39 is 0 Å². The molecule has 29 heavy (non-hydrogen) atoms. The highest BCUT2D eigenvalue weighted by Gasteiger charge is 2.08. The number of amides is 1. The quantitative estimate of drug-likeness (QED) is 0.488. The van der Waals surface area contributed by atoms with Crippen LogP contribution in [0.2, 0.25) is 5.02 Å². The molecule has 4 nitrogen and oxygen atoms in total. The van der Waals surface area contributed by atoms with Gasteiger partial charge in [0.2, 0.25) is 0 Å². The Morgan fingerprint density at radius 3 is 2.52 bits per heavy atom. The van der Waals surface area contributed by atoms with Gasteiger partial charge in [-0.1, -0.05) is 54.1 Å². The molecule has 0 aliphatic rings. The molecule has 3 aromatic rings. The molecular weight excluding hydrogens is 386 g/mol. The normalized spacial score (nSPS) is 10.4. The number of ether oxygens (including phenoxy) is 2. The number of nitrogens with one attached hydrogen (secondary N) is 1. The van der Waals surface area contributed by atoms with Crippen LogP contribution in [0.5, 0.6) is 11.5 Å². The predicted molar refractivity (Wildman–Crippen MR) is 116 cm³/mol. The van der Waals surface area contributed by atoms with E-state index in [9.17, 15) is 4.79 Å². The summed E-state index contributed by atoms with van der Waals surface area (Å²) < 4.78 is 11.2. The Labute approximate surface area is 176 Å². The third-order valence-electron chi connectivity index (χ3n) is 4.55. The van der Waals surface area contributed by atoms with E-state index in [2.05, 4.69) is 5.32 Å². The van der Waals surface area contributed by atoms with Gasteiger partial charge in [0.05, 0.1) is 7.11 Å². The summed E-state index contributed by atoms with van der Waals surface area (Å²) in [7, 11) is 1.67. The fourth-order valence-electron chi connectivity index (χ4n) is 3.00. The van der Waals surface area contributed by atoms with Crippen LogP contribution < -0.4 is 14.8 Å². The highest BCUT2D eigenvalue weighted by atomic mass is 35.5. The van der Waals surface area contributed by atoms with Gasteiger partial charge in [-0.2, -0.15) is 0 Å². The Balaban J connectivity index is 1.49. The van der Waals surface area contributed by atoms with Crippen molar-refractivity contribution in [2.45, 2.75) is 19.4 Å². The largest absolute Gasteiger partial charge is 0.496 e. The third-order valence-corrected chi connectivity index (χ3v) is 4.92. The van der Waals surface area contributed by atoms with Gasteiger partial charge < -0.3 is 14.8 Å². The second-order valence-corrected chi connectivity index (χ2v) is 6.99. The number of methoxy groups -OCH3 is 1. The maximum absolute atomic E-state index is 12.4. The first kappa shape index (κ1) is 20.7. The summed E-state index contributed by atoms with van der Waals surface area (Å²) in [6.07, 6.45) is 1.67. The maximum atomic E-state index is 12.4. The van der Waals surface area contributed by atoms with Crippen molar-refractivity contribution in [3.8, 4) is 11.5 Å². The molecule has 0 heterocycles. The first-order valence-electron chi connectivity index (χ1n) is 9.54. The van der Waals surface area contributed by atoms with Crippen molar-refractivity contribution in [1.82, 2.24) is 5.32 Å². The van der Waals surface area contributed by atoms with Crippen LogP contribution in [0.25, 0.3) is 0 Å². The predicted octanol–water partition coefficient (Wildman–Crippen LogP) is 5.29. The first-order valence-corrected chi connectivity index (χ1v) is 9.91. The molecule has 0 atom stereocenters. The van der Waals surface area contributed by atoms with Crippen molar-refractivity contribution < 1.29 is 14.3 Å². The molecule has 0 spiro atoms. The highest BCUT2D eigenvalue weighted by Crippen LogP contribution is 2.20. The number of halogens is 1. The highest BCUT2D eigenvalue weighted by molar-refractivity contribution is 6.31. The van der Waals surface area contributed by atoms with Crippen LogP contribution in [-0.2, 0) is 13.0 Å². The average Bonchev–Trinajstić information content (AvgIpc) is 2.76. The van der Waals surface area contributed by atoms with Gasteiger partial charge in [-0.05, 0) is 48.7 Å². The molecule has 0 saturated heterocycles. The number of hydrogen-bond acceptors (Lipinski definition) is 3. The second-order valence-electron chi connectivity index (χ2n) is 6.58. The van der Waals surface area contributed by atoms with E-state index in [0.717, 1.165) is 29.7 Å². The molecule has 0 aliphatic carbocycles. The molecular formula is C24H24ClNO3. The fraction of sp³-hybridized carbons (Fsp3) is 0.208. The molecule has 1 amide bonds. The summed E-state index contributed by atoms with van der Waals surface area (Å²) in [6, 6.07) is 22.6. The molecule has 5 heteroatoms. The molecule has 0 aromatic heterocycles. The lowest BCUT2D eigenvalue weighted by Gasteiger charge is -2.10. The summed E-state index contributed by atoms with van der Waals surface area (Å²) >= 11 is 6.15. The van der Waals surface area contributed by atoms with Crippen LogP contribution in [0.3, 0.4) is 0 Å². The van der Waals surface area contributed by atoms with Crippen molar-refractivity contribution in [2.24, 2.45) is 0 Å². The summed E-state index contributed by atoms with van der Waals surface area (Å²) in [4.78, 5) is 12.4. The molecule has 0 radical (unpaired) electrons. The van der Waals surface area contributed by atoms with Gasteiger partial charge in [-0.3, -0.25) is 4.79 Å². The zero-order valence-electron chi connectivity index (χ0n) is 16.4. The lowest BCUT2D eigenvalue weighted by molar-refractivity contribution is 0.0952.